The van der Waals surface area contributed by atoms with Crippen molar-refractivity contribution in [2.45, 2.75) is 6.18 Å². The van der Waals surface area contributed by atoms with Crippen LogP contribution in [0.25, 0.3) is 0 Å². The van der Waals surface area contributed by atoms with Gasteiger partial charge in [0, 0.05) is 40.0 Å². The van der Waals surface area contributed by atoms with E-state index in [-0.39, 0.29) is 5.82 Å². The van der Waals surface area contributed by atoms with Gasteiger partial charge in [-0.2, -0.15) is 13.2 Å². The van der Waals surface area contributed by atoms with Gasteiger partial charge in [-0.3, -0.25) is 0 Å². The molecule has 4 nitrogen and oxygen atoms in total. The van der Waals surface area contributed by atoms with Crippen molar-refractivity contribution in [1.82, 2.24) is 10.3 Å². The van der Waals surface area contributed by atoms with Gasteiger partial charge in [-0.25, -0.2) is 4.98 Å². The van der Waals surface area contributed by atoms with E-state index in [1.54, 1.807) is 14.2 Å². The monoisotopic (exact) mass is 277 g/mol. The molecule has 0 spiro atoms. The number of ether oxygens (including phenoxy) is 1. The van der Waals surface area contributed by atoms with E-state index >= 15 is 0 Å². The quantitative estimate of drug-likeness (QED) is 0.771. The summed E-state index contributed by atoms with van der Waals surface area (Å²) >= 11 is 0. The third kappa shape index (κ3) is 5.04. The fourth-order valence-corrected chi connectivity index (χ4v) is 1.57. The molecule has 0 aliphatic carbocycles. The van der Waals surface area contributed by atoms with E-state index in [1.807, 2.05) is 0 Å². The fraction of sp³-hybridized carbons (Fsp3) is 0.583. The van der Waals surface area contributed by atoms with Gasteiger partial charge in [-0.15, -0.1) is 0 Å². The third-order valence-corrected chi connectivity index (χ3v) is 2.56. The number of nitrogens with zero attached hydrogens (tertiary/aromatic N) is 2. The molecule has 0 aliphatic rings. The lowest BCUT2D eigenvalue weighted by Gasteiger charge is -2.22. The molecule has 0 atom stereocenters. The molecule has 0 radical (unpaired) electrons. The van der Waals surface area contributed by atoms with Gasteiger partial charge in [0.15, 0.2) is 0 Å². The zero-order valence-electron chi connectivity index (χ0n) is 11.0. The Balaban J connectivity index is 2.59. The van der Waals surface area contributed by atoms with Crippen LogP contribution in [0.5, 0.6) is 0 Å². The highest BCUT2D eigenvalue weighted by atomic mass is 19.4. The molecule has 0 aromatic carbocycles. The van der Waals surface area contributed by atoms with Crippen molar-refractivity contribution in [2.24, 2.45) is 0 Å². The minimum absolute atomic E-state index is 0.0523. The van der Waals surface area contributed by atoms with E-state index < -0.39 is 11.7 Å². The SMILES string of the molecule is COCCNCCN(C)c1ncccc1C(F)(F)F. The van der Waals surface area contributed by atoms with Crippen molar-refractivity contribution >= 4 is 5.82 Å². The first-order chi connectivity index (χ1) is 8.96. The van der Waals surface area contributed by atoms with E-state index in [2.05, 4.69) is 10.3 Å². The average Bonchev–Trinajstić information content (AvgIpc) is 2.37. The number of hydrogen-bond donors (Lipinski definition) is 1. The van der Waals surface area contributed by atoms with Crippen molar-refractivity contribution < 1.29 is 17.9 Å². The molecular formula is C12H18F3N3O. The molecule has 7 heteroatoms. The van der Waals surface area contributed by atoms with Crippen molar-refractivity contribution in [2.75, 3.05) is 45.3 Å². The summed E-state index contributed by atoms with van der Waals surface area (Å²) in [6, 6.07) is 2.33. The Morgan fingerprint density at radius 3 is 2.74 bits per heavy atom. The number of methoxy groups -OCH3 is 1. The highest BCUT2D eigenvalue weighted by Gasteiger charge is 2.34. The van der Waals surface area contributed by atoms with E-state index in [1.165, 1.54) is 17.2 Å². The number of aromatic nitrogens is 1. The first kappa shape index (κ1) is 15.7. The largest absolute Gasteiger partial charge is 0.419 e. The second kappa shape index (κ2) is 7.30. The zero-order chi connectivity index (χ0) is 14.3. The maximum atomic E-state index is 12.8. The summed E-state index contributed by atoms with van der Waals surface area (Å²) in [5, 5.41) is 3.07. The van der Waals surface area contributed by atoms with Gasteiger partial charge in [-0.1, -0.05) is 0 Å². The molecule has 0 amide bonds. The summed E-state index contributed by atoms with van der Waals surface area (Å²) in [5.41, 5.74) is -0.714. The molecule has 108 valence electrons. The van der Waals surface area contributed by atoms with Gasteiger partial charge in [0.05, 0.1) is 12.2 Å². The first-order valence-corrected chi connectivity index (χ1v) is 5.90. The van der Waals surface area contributed by atoms with Crippen LogP contribution in [0, 0.1) is 0 Å². The second-order valence-corrected chi connectivity index (χ2v) is 4.04. The molecule has 1 heterocycles. The molecule has 19 heavy (non-hydrogen) atoms. The van der Waals surface area contributed by atoms with Crippen LogP contribution in [0.15, 0.2) is 18.3 Å². The standard InChI is InChI=1S/C12H18F3N3O/c1-18(8-6-16-7-9-19-2)11-10(12(13,14)15)4-3-5-17-11/h3-5,16H,6-9H2,1-2H3. The number of anilines is 1. The van der Waals surface area contributed by atoms with Gasteiger partial charge in [0.1, 0.15) is 5.82 Å². The van der Waals surface area contributed by atoms with Crippen LogP contribution in [0.4, 0.5) is 19.0 Å². The van der Waals surface area contributed by atoms with Crippen LogP contribution in [-0.4, -0.2) is 45.4 Å². The molecule has 1 aromatic heterocycles. The van der Waals surface area contributed by atoms with Crippen LogP contribution in [0.2, 0.25) is 0 Å². The second-order valence-electron chi connectivity index (χ2n) is 4.04. The van der Waals surface area contributed by atoms with Crippen LogP contribution < -0.4 is 10.2 Å². The Morgan fingerprint density at radius 1 is 1.37 bits per heavy atom. The predicted molar refractivity (Wildman–Crippen MR) is 67.3 cm³/mol. The van der Waals surface area contributed by atoms with Crippen LogP contribution in [0.3, 0.4) is 0 Å². The number of pyridine rings is 1. The minimum atomic E-state index is -4.39. The molecule has 1 aromatic rings. The summed E-state index contributed by atoms with van der Waals surface area (Å²) in [7, 11) is 3.19. The number of nitrogens with one attached hydrogen (secondary N) is 1. The summed E-state index contributed by atoms with van der Waals surface area (Å²) in [6.07, 6.45) is -3.03. The summed E-state index contributed by atoms with van der Waals surface area (Å²) < 4.78 is 43.3. The van der Waals surface area contributed by atoms with Gasteiger partial charge in [0.25, 0.3) is 0 Å². The van der Waals surface area contributed by atoms with Crippen molar-refractivity contribution in [3.8, 4) is 0 Å². The summed E-state index contributed by atoms with van der Waals surface area (Å²) in [5.74, 6) is -0.0523. The molecule has 0 aliphatic heterocycles. The maximum Gasteiger partial charge on any atom is 0.419 e. The Bertz CT molecular complexity index is 385. The predicted octanol–water partition coefficient (Wildman–Crippen LogP) is 1.77. The van der Waals surface area contributed by atoms with Crippen LogP contribution >= 0.6 is 0 Å². The van der Waals surface area contributed by atoms with E-state index in [0.717, 1.165) is 6.07 Å². The van der Waals surface area contributed by atoms with Crippen molar-refractivity contribution in [1.29, 1.82) is 0 Å². The highest BCUT2D eigenvalue weighted by Crippen LogP contribution is 2.34. The average molecular weight is 277 g/mol. The Kier molecular flexibility index (Phi) is 6.04. The lowest BCUT2D eigenvalue weighted by atomic mass is 10.2. The lowest BCUT2D eigenvalue weighted by Crippen LogP contribution is -2.32. The summed E-state index contributed by atoms with van der Waals surface area (Å²) in [6.45, 7) is 2.23. The maximum absolute atomic E-state index is 12.8. The Morgan fingerprint density at radius 2 is 2.11 bits per heavy atom. The van der Waals surface area contributed by atoms with E-state index in [4.69, 9.17) is 4.74 Å². The number of halogens is 3. The van der Waals surface area contributed by atoms with Crippen LogP contribution in [-0.2, 0) is 10.9 Å². The summed E-state index contributed by atoms with van der Waals surface area (Å²) in [4.78, 5) is 5.30. The molecule has 0 unspecified atom stereocenters. The van der Waals surface area contributed by atoms with Gasteiger partial charge >= 0.3 is 6.18 Å². The van der Waals surface area contributed by atoms with Gasteiger partial charge < -0.3 is 15.0 Å². The topological polar surface area (TPSA) is 37.4 Å². The molecular weight excluding hydrogens is 259 g/mol. The fourth-order valence-electron chi connectivity index (χ4n) is 1.57. The van der Waals surface area contributed by atoms with Gasteiger partial charge in [-0.05, 0) is 12.1 Å². The molecule has 0 fully saturated rings. The molecule has 1 rings (SSSR count). The molecule has 1 N–H and O–H groups in total. The molecule has 0 saturated heterocycles. The Hall–Kier alpha value is -1.34. The Labute approximate surface area is 110 Å². The lowest BCUT2D eigenvalue weighted by molar-refractivity contribution is -0.137. The number of alkyl halides is 3. The number of rotatable bonds is 7. The van der Waals surface area contributed by atoms with Crippen molar-refractivity contribution in [3.05, 3.63) is 23.9 Å². The van der Waals surface area contributed by atoms with Crippen LogP contribution in [0.1, 0.15) is 5.56 Å². The number of hydrogen-bond acceptors (Lipinski definition) is 4. The first-order valence-electron chi connectivity index (χ1n) is 5.90. The van der Waals surface area contributed by atoms with E-state index in [0.29, 0.717) is 26.2 Å². The zero-order valence-corrected chi connectivity index (χ0v) is 11.0. The highest BCUT2D eigenvalue weighted by molar-refractivity contribution is 5.47. The number of likely N-dealkylation sites (N-methyl/N-ethyl adjacent to an activating group) is 1. The van der Waals surface area contributed by atoms with Gasteiger partial charge in [0.2, 0.25) is 0 Å². The van der Waals surface area contributed by atoms with Crippen molar-refractivity contribution in [3.63, 3.8) is 0 Å². The smallest absolute Gasteiger partial charge is 0.383 e. The van der Waals surface area contributed by atoms with E-state index in [9.17, 15) is 13.2 Å². The normalized spacial score (nSPS) is 11.6. The molecule has 0 saturated carbocycles. The molecule has 0 bridgehead atoms. The third-order valence-electron chi connectivity index (χ3n) is 2.56. The minimum Gasteiger partial charge on any atom is -0.383 e.